The monoisotopic (exact) mass is 279 g/mol. The molecule has 0 aromatic rings. The SMILES string of the molecule is CCC1CC2CC(C)CC(C(=O)NC(=O)C(C)C)(C1)C2. The van der Waals surface area contributed by atoms with Crippen molar-refractivity contribution >= 4 is 11.8 Å². The summed E-state index contributed by atoms with van der Waals surface area (Å²) in [6.07, 6.45) is 6.60. The van der Waals surface area contributed by atoms with Gasteiger partial charge < -0.3 is 0 Å². The molecule has 2 saturated carbocycles. The Morgan fingerprint density at radius 3 is 2.50 bits per heavy atom. The predicted molar refractivity (Wildman–Crippen MR) is 79.9 cm³/mol. The summed E-state index contributed by atoms with van der Waals surface area (Å²) in [6, 6.07) is 0. The summed E-state index contributed by atoms with van der Waals surface area (Å²) in [5.41, 5.74) is -0.272. The summed E-state index contributed by atoms with van der Waals surface area (Å²) in [4.78, 5) is 24.6. The number of hydrogen-bond acceptors (Lipinski definition) is 2. The number of imide groups is 1. The zero-order valence-electron chi connectivity index (χ0n) is 13.4. The second kappa shape index (κ2) is 5.87. The molecule has 3 heteroatoms. The first-order chi connectivity index (χ1) is 9.36. The van der Waals surface area contributed by atoms with Crippen LogP contribution in [-0.2, 0) is 9.59 Å². The summed E-state index contributed by atoms with van der Waals surface area (Å²) in [5, 5.41) is 2.68. The number of rotatable bonds is 3. The number of nitrogens with one attached hydrogen (secondary N) is 1. The zero-order chi connectivity index (χ0) is 14.9. The van der Waals surface area contributed by atoms with Crippen LogP contribution in [0.1, 0.15) is 66.2 Å². The summed E-state index contributed by atoms with van der Waals surface area (Å²) in [7, 11) is 0. The van der Waals surface area contributed by atoms with Gasteiger partial charge in [-0.2, -0.15) is 0 Å². The van der Waals surface area contributed by atoms with Crippen molar-refractivity contribution < 1.29 is 9.59 Å². The molecule has 2 aliphatic carbocycles. The number of fused-ring (bicyclic) bond motifs is 2. The fraction of sp³-hybridized carbons (Fsp3) is 0.882. The van der Waals surface area contributed by atoms with E-state index in [2.05, 4.69) is 19.2 Å². The van der Waals surface area contributed by atoms with Crippen molar-refractivity contribution in [1.82, 2.24) is 5.32 Å². The van der Waals surface area contributed by atoms with Gasteiger partial charge in [-0.15, -0.1) is 0 Å². The molecule has 0 heterocycles. The molecule has 0 spiro atoms. The van der Waals surface area contributed by atoms with Gasteiger partial charge in [-0.1, -0.05) is 34.1 Å². The minimum atomic E-state index is -0.272. The molecule has 2 bridgehead atoms. The molecule has 2 rings (SSSR count). The zero-order valence-corrected chi connectivity index (χ0v) is 13.4. The largest absolute Gasteiger partial charge is 0.296 e. The Labute approximate surface area is 122 Å². The molecule has 4 atom stereocenters. The van der Waals surface area contributed by atoms with E-state index in [0.717, 1.165) is 25.7 Å². The Hall–Kier alpha value is -0.860. The van der Waals surface area contributed by atoms with Crippen LogP contribution >= 0.6 is 0 Å². The van der Waals surface area contributed by atoms with Gasteiger partial charge in [0.25, 0.3) is 0 Å². The van der Waals surface area contributed by atoms with Crippen LogP contribution in [0, 0.1) is 29.1 Å². The first kappa shape index (κ1) is 15.5. The molecule has 2 fully saturated rings. The lowest BCUT2D eigenvalue weighted by Gasteiger charge is -2.49. The first-order valence-electron chi connectivity index (χ1n) is 8.21. The van der Waals surface area contributed by atoms with Gasteiger partial charge in [-0.05, 0) is 49.9 Å². The van der Waals surface area contributed by atoms with E-state index < -0.39 is 0 Å². The van der Waals surface area contributed by atoms with E-state index in [-0.39, 0.29) is 23.1 Å². The Kier molecular flexibility index (Phi) is 4.55. The molecule has 0 radical (unpaired) electrons. The highest BCUT2D eigenvalue weighted by molar-refractivity contribution is 5.98. The summed E-state index contributed by atoms with van der Waals surface area (Å²) in [5.74, 6) is 1.69. The highest BCUT2D eigenvalue weighted by Gasteiger charge is 2.49. The van der Waals surface area contributed by atoms with Gasteiger partial charge in [0, 0.05) is 5.92 Å². The number of amides is 2. The number of hydrogen-bond donors (Lipinski definition) is 1. The van der Waals surface area contributed by atoms with Crippen molar-refractivity contribution in [2.24, 2.45) is 29.1 Å². The Bertz CT molecular complexity index is 386. The van der Waals surface area contributed by atoms with Crippen LogP contribution < -0.4 is 5.32 Å². The third-order valence-corrected chi connectivity index (χ3v) is 5.32. The minimum absolute atomic E-state index is 0.00546. The molecule has 4 unspecified atom stereocenters. The van der Waals surface area contributed by atoms with Crippen LogP contribution in [0.5, 0.6) is 0 Å². The predicted octanol–water partition coefficient (Wildman–Crippen LogP) is 3.53. The van der Waals surface area contributed by atoms with Crippen molar-refractivity contribution in [3.05, 3.63) is 0 Å². The van der Waals surface area contributed by atoms with Crippen LogP contribution in [-0.4, -0.2) is 11.8 Å². The molecule has 2 aliphatic rings. The van der Waals surface area contributed by atoms with Gasteiger partial charge in [-0.25, -0.2) is 0 Å². The lowest BCUT2D eigenvalue weighted by Crippen LogP contribution is -2.51. The van der Waals surface area contributed by atoms with Crippen molar-refractivity contribution in [2.75, 3.05) is 0 Å². The first-order valence-corrected chi connectivity index (χ1v) is 8.21. The van der Waals surface area contributed by atoms with Crippen LogP contribution in [0.2, 0.25) is 0 Å². The number of carbonyl (C=O) groups is 2. The normalized spacial score (nSPS) is 36.8. The summed E-state index contributed by atoms with van der Waals surface area (Å²) < 4.78 is 0. The van der Waals surface area contributed by atoms with E-state index in [1.54, 1.807) is 0 Å². The average molecular weight is 279 g/mol. The van der Waals surface area contributed by atoms with Crippen molar-refractivity contribution in [3.8, 4) is 0 Å². The maximum Gasteiger partial charge on any atom is 0.232 e. The van der Waals surface area contributed by atoms with Crippen LogP contribution in [0.25, 0.3) is 0 Å². The molecule has 2 amide bonds. The molecule has 20 heavy (non-hydrogen) atoms. The molecule has 0 aliphatic heterocycles. The molecule has 0 saturated heterocycles. The van der Waals surface area contributed by atoms with Gasteiger partial charge in [-0.3, -0.25) is 14.9 Å². The quantitative estimate of drug-likeness (QED) is 0.859. The van der Waals surface area contributed by atoms with Crippen molar-refractivity contribution in [1.29, 1.82) is 0 Å². The molecule has 3 nitrogen and oxygen atoms in total. The standard InChI is InChI=1S/C17H29NO2/c1-5-13-7-14-6-12(4)8-17(9-13,10-14)16(20)18-15(19)11(2)3/h11-14H,5-10H2,1-4H3,(H,18,19,20). The molecule has 114 valence electrons. The van der Waals surface area contributed by atoms with Gasteiger partial charge >= 0.3 is 0 Å². The molecular formula is C17H29NO2. The molecule has 0 aromatic heterocycles. The fourth-order valence-electron chi connectivity index (χ4n) is 4.47. The number of carbonyl (C=O) groups excluding carboxylic acids is 2. The maximum absolute atomic E-state index is 12.7. The Morgan fingerprint density at radius 1 is 1.20 bits per heavy atom. The molecule has 1 N–H and O–H groups in total. The van der Waals surface area contributed by atoms with Gasteiger partial charge in [0.1, 0.15) is 0 Å². The van der Waals surface area contributed by atoms with E-state index in [1.165, 1.54) is 12.8 Å². The van der Waals surface area contributed by atoms with Crippen molar-refractivity contribution in [2.45, 2.75) is 66.2 Å². The highest BCUT2D eigenvalue weighted by Crippen LogP contribution is 2.53. The Balaban J connectivity index is 2.15. The lowest BCUT2D eigenvalue weighted by molar-refractivity contribution is -0.144. The van der Waals surface area contributed by atoms with E-state index >= 15 is 0 Å². The van der Waals surface area contributed by atoms with E-state index in [4.69, 9.17) is 0 Å². The highest BCUT2D eigenvalue weighted by atomic mass is 16.2. The van der Waals surface area contributed by atoms with Crippen molar-refractivity contribution in [3.63, 3.8) is 0 Å². The smallest absolute Gasteiger partial charge is 0.232 e. The second-order valence-corrected chi connectivity index (χ2v) is 7.58. The Morgan fingerprint density at radius 2 is 1.90 bits per heavy atom. The van der Waals surface area contributed by atoms with Crippen LogP contribution in [0.15, 0.2) is 0 Å². The minimum Gasteiger partial charge on any atom is -0.296 e. The average Bonchev–Trinajstić information content (AvgIpc) is 2.36. The molecule has 0 aromatic carbocycles. The van der Waals surface area contributed by atoms with E-state index in [1.807, 2.05) is 13.8 Å². The third-order valence-electron chi connectivity index (χ3n) is 5.32. The maximum atomic E-state index is 12.7. The van der Waals surface area contributed by atoms with E-state index in [9.17, 15) is 9.59 Å². The lowest BCUT2D eigenvalue weighted by atomic mass is 9.56. The summed E-state index contributed by atoms with van der Waals surface area (Å²) in [6.45, 7) is 8.15. The second-order valence-electron chi connectivity index (χ2n) is 7.58. The van der Waals surface area contributed by atoms with Gasteiger partial charge in [0.2, 0.25) is 11.8 Å². The van der Waals surface area contributed by atoms with Crippen LogP contribution in [0.4, 0.5) is 0 Å². The third kappa shape index (κ3) is 3.07. The van der Waals surface area contributed by atoms with Gasteiger partial charge in [0.05, 0.1) is 5.41 Å². The van der Waals surface area contributed by atoms with E-state index in [0.29, 0.717) is 17.8 Å². The topological polar surface area (TPSA) is 46.2 Å². The molecular weight excluding hydrogens is 250 g/mol. The van der Waals surface area contributed by atoms with Gasteiger partial charge in [0.15, 0.2) is 0 Å². The fourth-order valence-corrected chi connectivity index (χ4v) is 4.47. The summed E-state index contributed by atoms with van der Waals surface area (Å²) >= 11 is 0. The van der Waals surface area contributed by atoms with Crippen LogP contribution in [0.3, 0.4) is 0 Å².